The molecule has 0 bridgehead atoms. The van der Waals surface area contributed by atoms with Crippen LogP contribution < -0.4 is 5.32 Å². The maximum atomic E-state index is 12.9. The molecule has 0 aliphatic heterocycles. The molecule has 0 atom stereocenters. The van der Waals surface area contributed by atoms with Gasteiger partial charge < -0.3 is 5.32 Å². The van der Waals surface area contributed by atoms with E-state index < -0.39 is 17.6 Å². The van der Waals surface area contributed by atoms with Crippen molar-refractivity contribution in [3.05, 3.63) is 41.2 Å². The van der Waals surface area contributed by atoms with Crippen LogP contribution in [0.1, 0.15) is 11.1 Å². The number of hydrogen-bond acceptors (Lipinski definition) is 1. The van der Waals surface area contributed by atoms with E-state index in [9.17, 15) is 17.6 Å². The molecule has 1 rings (SSSR count). The smallest absolute Gasteiger partial charge is 0.316 e. The molecule has 0 saturated heterocycles. The highest BCUT2D eigenvalue weighted by molar-refractivity contribution is 5.51. The largest absolute Gasteiger partial charge is 0.416 e. The van der Waals surface area contributed by atoms with E-state index in [2.05, 4.69) is 5.32 Å². The highest BCUT2D eigenvalue weighted by Gasteiger charge is 2.31. The van der Waals surface area contributed by atoms with E-state index in [1.54, 1.807) is 13.1 Å². The Hall–Kier alpha value is -1.36. The minimum absolute atomic E-state index is 0.197. The van der Waals surface area contributed by atoms with Gasteiger partial charge in [0.25, 0.3) is 0 Å². The molecule has 0 aliphatic rings. The number of nitrogens with one attached hydrogen (secondary N) is 1. The molecule has 0 unspecified atom stereocenters. The van der Waals surface area contributed by atoms with Gasteiger partial charge in [0.15, 0.2) is 0 Å². The summed E-state index contributed by atoms with van der Waals surface area (Å²) in [7, 11) is 1.71. The molecule has 0 radical (unpaired) electrons. The van der Waals surface area contributed by atoms with E-state index in [1.165, 1.54) is 6.08 Å². The zero-order valence-electron chi connectivity index (χ0n) is 8.61. The lowest BCUT2D eigenvalue weighted by molar-refractivity contribution is -0.137. The highest BCUT2D eigenvalue weighted by Crippen LogP contribution is 2.30. The monoisotopic (exact) mass is 233 g/mol. The van der Waals surface area contributed by atoms with Gasteiger partial charge in [-0.3, -0.25) is 0 Å². The molecule has 0 heterocycles. The Balaban J connectivity index is 2.99. The van der Waals surface area contributed by atoms with Crippen LogP contribution in [0.25, 0.3) is 6.08 Å². The number of halogens is 4. The van der Waals surface area contributed by atoms with Crippen molar-refractivity contribution in [3.63, 3.8) is 0 Å². The maximum Gasteiger partial charge on any atom is 0.416 e. The van der Waals surface area contributed by atoms with E-state index in [0.717, 1.165) is 12.1 Å². The fourth-order valence-corrected chi connectivity index (χ4v) is 1.19. The molecular formula is C11H11F4N. The molecule has 0 fully saturated rings. The topological polar surface area (TPSA) is 12.0 Å². The molecule has 0 amide bonds. The van der Waals surface area contributed by atoms with Gasteiger partial charge in [-0.1, -0.05) is 12.2 Å². The van der Waals surface area contributed by atoms with Gasteiger partial charge >= 0.3 is 6.18 Å². The van der Waals surface area contributed by atoms with Crippen molar-refractivity contribution in [3.8, 4) is 0 Å². The summed E-state index contributed by atoms with van der Waals surface area (Å²) in [4.78, 5) is 0. The zero-order chi connectivity index (χ0) is 12.2. The van der Waals surface area contributed by atoms with Gasteiger partial charge in [0.05, 0.1) is 5.56 Å². The van der Waals surface area contributed by atoms with Gasteiger partial charge in [-0.25, -0.2) is 4.39 Å². The first-order valence-electron chi connectivity index (χ1n) is 4.62. The second-order valence-electron chi connectivity index (χ2n) is 3.23. The lowest BCUT2D eigenvalue weighted by atomic mass is 10.1. The van der Waals surface area contributed by atoms with Gasteiger partial charge in [0.1, 0.15) is 5.82 Å². The van der Waals surface area contributed by atoms with Crippen molar-refractivity contribution in [2.24, 2.45) is 0 Å². The van der Waals surface area contributed by atoms with Gasteiger partial charge in [-0.15, -0.1) is 0 Å². The molecule has 16 heavy (non-hydrogen) atoms. The summed E-state index contributed by atoms with van der Waals surface area (Å²) in [6.45, 7) is 0.512. The van der Waals surface area contributed by atoms with Crippen LogP contribution in [0.4, 0.5) is 17.6 Å². The molecule has 5 heteroatoms. The molecule has 1 aromatic rings. The fourth-order valence-electron chi connectivity index (χ4n) is 1.19. The van der Waals surface area contributed by atoms with Crippen LogP contribution in [0.3, 0.4) is 0 Å². The van der Waals surface area contributed by atoms with E-state index in [4.69, 9.17) is 0 Å². The molecule has 0 saturated carbocycles. The average molecular weight is 233 g/mol. The Bertz CT molecular complexity index is 382. The second-order valence-corrected chi connectivity index (χ2v) is 3.23. The van der Waals surface area contributed by atoms with Gasteiger partial charge in [-0.2, -0.15) is 13.2 Å². The third-order valence-corrected chi connectivity index (χ3v) is 1.88. The summed E-state index contributed by atoms with van der Waals surface area (Å²) in [5.74, 6) is -0.890. The minimum atomic E-state index is -4.52. The summed E-state index contributed by atoms with van der Waals surface area (Å²) in [6, 6.07) is 2.45. The van der Waals surface area contributed by atoms with Crippen LogP contribution in [0.15, 0.2) is 24.3 Å². The number of benzene rings is 1. The third kappa shape index (κ3) is 3.66. The quantitative estimate of drug-likeness (QED) is 0.791. The summed E-state index contributed by atoms with van der Waals surface area (Å²) >= 11 is 0. The first-order valence-corrected chi connectivity index (χ1v) is 4.62. The van der Waals surface area contributed by atoms with E-state index in [-0.39, 0.29) is 5.56 Å². The second kappa shape index (κ2) is 5.12. The van der Waals surface area contributed by atoms with Crippen molar-refractivity contribution < 1.29 is 17.6 Å². The van der Waals surface area contributed by atoms with Crippen LogP contribution in [0.5, 0.6) is 0 Å². The van der Waals surface area contributed by atoms with Crippen LogP contribution in [0.2, 0.25) is 0 Å². The Labute approximate surface area is 90.8 Å². The molecule has 1 nitrogen and oxygen atoms in total. The van der Waals surface area contributed by atoms with Crippen molar-refractivity contribution >= 4 is 6.08 Å². The summed E-state index contributed by atoms with van der Waals surface area (Å²) in [5.41, 5.74) is -0.779. The van der Waals surface area contributed by atoms with Gasteiger partial charge in [0.2, 0.25) is 0 Å². The highest BCUT2D eigenvalue weighted by atomic mass is 19.4. The molecule has 1 N–H and O–H groups in total. The number of likely N-dealkylation sites (N-methyl/N-ethyl adjacent to an activating group) is 1. The average Bonchev–Trinajstić information content (AvgIpc) is 2.16. The molecule has 1 aromatic carbocycles. The van der Waals surface area contributed by atoms with Crippen molar-refractivity contribution in [1.82, 2.24) is 5.32 Å². The predicted molar refractivity (Wildman–Crippen MR) is 54.4 cm³/mol. The number of hydrogen-bond donors (Lipinski definition) is 1. The number of alkyl halides is 3. The third-order valence-electron chi connectivity index (χ3n) is 1.88. The van der Waals surface area contributed by atoms with E-state index >= 15 is 0 Å². The molecule has 0 aromatic heterocycles. The predicted octanol–water partition coefficient (Wildman–Crippen LogP) is 3.08. The Morgan fingerprint density at radius 3 is 2.50 bits per heavy atom. The van der Waals surface area contributed by atoms with Crippen LogP contribution in [-0.4, -0.2) is 13.6 Å². The van der Waals surface area contributed by atoms with Crippen LogP contribution >= 0.6 is 0 Å². The molecule has 0 spiro atoms. The van der Waals surface area contributed by atoms with E-state index in [0.29, 0.717) is 12.6 Å². The molecular weight excluding hydrogens is 222 g/mol. The maximum absolute atomic E-state index is 12.9. The Morgan fingerprint density at radius 2 is 1.94 bits per heavy atom. The lowest BCUT2D eigenvalue weighted by Gasteiger charge is -2.07. The summed E-state index contributed by atoms with van der Waals surface area (Å²) in [6.07, 6.45) is -1.46. The van der Waals surface area contributed by atoms with Gasteiger partial charge in [0, 0.05) is 6.54 Å². The fraction of sp³-hybridized carbons (Fsp3) is 0.273. The molecule has 0 aliphatic carbocycles. The van der Waals surface area contributed by atoms with Crippen LogP contribution in [0, 0.1) is 5.82 Å². The standard InChI is InChI=1S/C11H11F4N/c1-16-4-2-3-8-5-9(11(13,14)15)7-10(12)6-8/h2-3,5-7,16H,4H2,1H3/b3-2+. The summed E-state index contributed by atoms with van der Waals surface area (Å²) < 4.78 is 49.9. The normalized spacial score (nSPS) is 12.3. The van der Waals surface area contributed by atoms with Gasteiger partial charge in [-0.05, 0) is 30.8 Å². The summed E-state index contributed by atoms with van der Waals surface area (Å²) in [5, 5.41) is 2.79. The minimum Gasteiger partial charge on any atom is -0.316 e. The van der Waals surface area contributed by atoms with Crippen LogP contribution in [-0.2, 0) is 6.18 Å². The van der Waals surface area contributed by atoms with E-state index in [1.807, 2.05) is 0 Å². The Morgan fingerprint density at radius 1 is 1.25 bits per heavy atom. The molecule has 88 valence electrons. The number of rotatable bonds is 3. The van der Waals surface area contributed by atoms with Crippen molar-refractivity contribution in [1.29, 1.82) is 0 Å². The van der Waals surface area contributed by atoms with Crippen molar-refractivity contribution in [2.75, 3.05) is 13.6 Å². The van der Waals surface area contributed by atoms with Crippen molar-refractivity contribution in [2.45, 2.75) is 6.18 Å². The lowest BCUT2D eigenvalue weighted by Crippen LogP contribution is -2.06. The zero-order valence-corrected chi connectivity index (χ0v) is 8.61. The Kier molecular flexibility index (Phi) is 4.06. The first kappa shape index (κ1) is 12.7. The SMILES string of the molecule is CNC/C=C/c1cc(F)cc(C(F)(F)F)c1. The first-order chi connectivity index (χ1) is 7.43.